The fraction of sp³-hybridized carbons (Fsp3) is 0.667. The minimum atomic E-state index is -1.61. The third-order valence-corrected chi connectivity index (χ3v) is 9.59. The van der Waals surface area contributed by atoms with Crippen LogP contribution in [0.4, 0.5) is 0 Å². The molecule has 0 saturated carbocycles. The molecule has 0 bridgehead atoms. The van der Waals surface area contributed by atoms with E-state index in [4.69, 9.17) is 4.43 Å². The van der Waals surface area contributed by atoms with Gasteiger partial charge in [0.1, 0.15) is 0 Å². The largest absolute Gasteiger partial charge is 0.413 e. The Morgan fingerprint density at radius 3 is 2.48 bits per heavy atom. The van der Waals surface area contributed by atoms with Gasteiger partial charge in [0.05, 0.1) is 6.10 Å². The van der Waals surface area contributed by atoms with Crippen molar-refractivity contribution in [2.75, 3.05) is 19.6 Å². The Morgan fingerprint density at radius 2 is 1.86 bits per heavy atom. The second kappa shape index (κ2) is 6.63. The van der Waals surface area contributed by atoms with E-state index in [1.54, 1.807) is 0 Å². The van der Waals surface area contributed by atoms with E-state index in [-0.39, 0.29) is 0 Å². The Bertz CT molecular complexity index is 438. The van der Waals surface area contributed by atoms with E-state index in [1.807, 2.05) is 0 Å². The van der Waals surface area contributed by atoms with Gasteiger partial charge in [0.25, 0.3) is 0 Å². The molecule has 0 amide bonds. The normalized spacial score (nSPS) is 20.9. The first-order chi connectivity index (χ1) is 9.78. The highest BCUT2D eigenvalue weighted by Gasteiger charge is 2.40. The highest BCUT2D eigenvalue weighted by molar-refractivity contribution is 6.74. The number of hydrogen-bond donors (Lipinski definition) is 0. The van der Waals surface area contributed by atoms with Crippen molar-refractivity contribution < 1.29 is 4.43 Å². The van der Waals surface area contributed by atoms with E-state index < -0.39 is 8.32 Å². The van der Waals surface area contributed by atoms with Crippen LogP contribution in [0.2, 0.25) is 18.1 Å². The monoisotopic (exact) mass is 305 g/mol. The topological polar surface area (TPSA) is 12.5 Å². The number of nitrogens with zero attached hydrogens (tertiary/aromatic N) is 1. The average Bonchev–Trinajstić information content (AvgIpc) is 2.83. The Labute approximate surface area is 131 Å². The van der Waals surface area contributed by atoms with Gasteiger partial charge in [0.15, 0.2) is 8.32 Å². The van der Waals surface area contributed by atoms with Gasteiger partial charge in [-0.25, -0.2) is 0 Å². The molecule has 0 radical (unpaired) electrons. The van der Waals surface area contributed by atoms with E-state index in [2.05, 4.69) is 69.1 Å². The van der Waals surface area contributed by atoms with Crippen molar-refractivity contribution in [2.45, 2.75) is 57.8 Å². The van der Waals surface area contributed by atoms with Crippen LogP contribution in [0.1, 0.15) is 32.8 Å². The molecule has 0 aromatic heterocycles. The average molecular weight is 306 g/mol. The molecule has 2 nitrogen and oxygen atoms in total. The number of rotatable bonds is 5. The van der Waals surface area contributed by atoms with Gasteiger partial charge in [0, 0.05) is 19.6 Å². The quantitative estimate of drug-likeness (QED) is 0.751. The predicted molar refractivity (Wildman–Crippen MR) is 93.3 cm³/mol. The summed E-state index contributed by atoms with van der Waals surface area (Å²) in [4.78, 5) is 2.56. The molecule has 1 aromatic rings. The maximum Gasteiger partial charge on any atom is 0.192 e. The van der Waals surface area contributed by atoms with Crippen LogP contribution in [0, 0.1) is 0 Å². The van der Waals surface area contributed by atoms with Gasteiger partial charge in [-0.3, -0.25) is 0 Å². The summed E-state index contributed by atoms with van der Waals surface area (Å²) in [5.74, 6) is 0. The predicted octanol–water partition coefficient (Wildman–Crippen LogP) is 4.33. The van der Waals surface area contributed by atoms with E-state index in [0.29, 0.717) is 11.1 Å². The molecule has 0 spiro atoms. The minimum absolute atomic E-state index is 0.310. The van der Waals surface area contributed by atoms with E-state index in [0.717, 1.165) is 19.5 Å². The zero-order chi connectivity index (χ0) is 15.5. The third kappa shape index (κ3) is 4.66. The molecular weight excluding hydrogens is 274 g/mol. The highest BCUT2D eigenvalue weighted by Crippen LogP contribution is 2.38. The van der Waals surface area contributed by atoms with E-state index in [1.165, 1.54) is 18.5 Å². The fourth-order valence-corrected chi connectivity index (χ4v) is 4.00. The molecule has 0 N–H and O–H groups in total. The first-order valence-electron chi connectivity index (χ1n) is 8.22. The summed E-state index contributed by atoms with van der Waals surface area (Å²) in [6, 6.07) is 10.8. The van der Waals surface area contributed by atoms with Crippen LogP contribution in [-0.2, 0) is 10.8 Å². The minimum Gasteiger partial charge on any atom is -0.413 e. The molecular formula is C18H31NOSi. The van der Waals surface area contributed by atoms with Gasteiger partial charge in [0.2, 0.25) is 0 Å². The van der Waals surface area contributed by atoms with Gasteiger partial charge in [-0.15, -0.1) is 0 Å². The molecule has 1 aliphatic rings. The van der Waals surface area contributed by atoms with Crippen molar-refractivity contribution in [1.29, 1.82) is 0 Å². The lowest BCUT2D eigenvalue weighted by molar-refractivity contribution is 0.181. The van der Waals surface area contributed by atoms with E-state index in [9.17, 15) is 0 Å². The Balaban J connectivity index is 1.79. The standard InChI is InChI=1S/C18H31NOSi/c1-18(2,3)21(4,5)20-17-12-14-19(15-17)13-11-16-9-7-6-8-10-16/h6-10,17H,11-15H2,1-5H3. The SMILES string of the molecule is CC(C)(C)[Si](C)(C)OC1CCN(CCc2ccccc2)C1. The maximum atomic E-state index is 6.54. The molecule has 1 atom stereocenters. The van der Waals surface area contributed by atoms with Crippen LogP contribution in [0.15, 0.2) is 30.3 Å². The molecule has 3 heteroatoms. The Kier molecular flexibility index (Phi) is 5.28. The number of likely N-dealkylation sites (tertiary alicyclic amines) is 1. The zero-order valence-electron chi connectivity index (χ0n) is 14.4. The molecule has 1 aliphatic heterocycles. The van der Waals surface area contributed by atoms with E-state index >= 15 is 0 Å². The molecule has 2 rings (SSSR count). The second-order valence-corrected chi connectivity index (χ2v) is 12.6. The van der Waals surface area contributed by atoms with Crippen molar-refractivity contribution in [3.63, 3.8) is 0 Å². The highest BCUT2D eigenvalue weighted by atomic mass is 28.4. The van der Waals surface area contributed by atoms with Gasteiger partial charge in [-0.05, 0) is 36.5 Å². The van der Waals surface area contributed by atoms with Crippen molar-refractivity contribution in [3.05, 3.63) is 35.9 Å². The van der Waals surface area contributed by atoms with Crippen molar-refractivity contribution in [3.8, 4) is 0 Å². The van der Waals surface area contributed by atoms with Crippen LogP contribution >= 0.6 is 0 Å². The molecule has 1 saturated heterocycles. The summed E-state index contributed by atoms with van der Waals surface area (Å²) in [6.45, 7) is 15.1. The van der Waals surface area contributed by atoms with Crippen LogP contribution in [-0.4, -0.2) is 39.0 Å². The van der Waals surface area contributed by atoms with Crippen LogP contribution in [0.25, 0.3) is 0 Å². The zero-order valence-corrected chi connectivity index (χ0v) is 15.4. The van der Waals surface area contributed by atoms with Crippen molar-refractivity contribution in [2.24, 2.45) is 0 Å². The van der Waals surface area contributed by atoms with Gasteiger partial charge in [-0.1, -0.05) is 51.1 Å². The molecule has 1 heterocycles. The summed E-state index contributed by atoms with van der Waals surface area (Å²) < 4.78 is 6.54. The number of hydrogen-bond acceptors (Lipinski definition) is 2. The molecule has 1 fully saturated rings. The Morgan fingerprint density at radius 1 is 1.19 bits per heavy atom. The number of benzene rings is 1. The van der Waals surface area contributed by atoms with Gasteiger partial charge < -0.3 is 9.33 Å². The fourth-order valence-electron chi connectivity index (χ4n) is 2.62. The van der Waals surface area contributed by atoms with Crippen molar-refractivity contribution in [1.82, 2.24) is 4.90 Å². The van der Waals surface area contributed by atoms with Crippen LogP contribution in [0.3, 0.4) is 0 Å². The molecule has 0 aliphatic carbocycles. The first-order valence-corrected chi connectivity index (χ1v) is 11.1. The third-order valence-electron chi connectivity index (χ3n) is 5.06. The first kappa shape index (κ1) is 16.7. The second-order valence-electron chi connectivity index (χ2n) is 7.83. The smallest absolute Gasteiger partial charge is 0.192 e. The van der Waals surface area contributed by atoms with Crippen molar-refractivity contribution >= 4 is 8.32 Å². The summed E-state index contributed by atoms with van der Waals surface area (Å²) in [5.41, 5.74) is 1.44. The molecule has 21 heavy (non-hydrogen) atoms. The summed E-state index contributed by atoms with van der Waals surface area (Å²) in [6.07, 6.45) is 2.79. The maximum absolute atomic E-state index is 6.54. The lowest BCUT2D eigenvalue weighted by Crippen LogP contribution is -2.44. The Hall–Kier alpha value is -0.643. The lowest BCUT2D eigenvalue weighted by Gasteiger charge is -2.38. The summed E-state index contributed by atoms with van der Waals surface area (Å²) in [7, 11) is -1.61. The summed E-state index contributed by atoms with van der Waals surface area (Å²) >= 11 is 0. The van der Waals surface area contributed by atoms with Gasteiger partial charge >= 0.3 is 0 Å². The van der Waals surface area contributed by atoms with Crippen LogP contribution in [0.5, 0.6) is 0 Å². The summed E-state index contributed by atoms with van der Waals surface area (Å²) in [5, 5.41) is 0.310. The van der Waals surface area contributed by atoms with Gasteiger partial charge in [-0.2, -0.15) is 0 Å². The molecule has 1 unspecified atom stereocenters. The molecule has 118 valence electrons. The van der Waals surface area contributed by atoms with Crippen LogP contribution < -0.4 is 0 Å². The molecule has 1 aromatic carbocycles. The lowest BCUT2D eigenvalue weighted by atomic mass is 10.1.